The largest absolute Gasteiger partial charge is 0.460 e. The molecule has 6 heteroatoms. The number of carbonyl (C=O) groups is 2. The Bertz CT molecular complexity index is 2000. The highest BCUT2D eigenvalue weighted by Crippen LogP contribution is 2.48. The highest BCUT2D eigenvalue weighted by atomic mass is 16.6. The number of nitrogens with zero attached hydrogens (tertiary/aromatic N) is 2. The van der Waals surface area contributed by atoms with Crippen molar-refractivity contribution in [3.05, 3.63) is 174 Å². The zero-order valence-electron chi connectivity index (χ0n) is 30.7. The Hall–Kier alpha value is -5.75. The van der Waals surface area contributed by atoms with Crippen molar-refractivity contribution in [2.45, 2.75) is 70.6 Å². The van der Waals surface area contributed by atoms with E-state index in [1.807, 2.05) is 145 Å². The van der Waals surface area contributed by atoms with Crippen molar-refractivity contribution >= 4 is 11.9 Å². The molecule has 0 spiro atoms. The smallest absolute Gasteiger partial charge is 0.317 e. The second-order valence-corrected chi connectivity index (χ2v) is 14.9. The highest BCUT2D eigenvalue weighted by Gasteiger charge is 2.46. The van der Waals surface area contributed by atoms with Crippen LogP contribution in [0.4, 0.5) is 0 Å². The molecule has 0 aliphatic carbocycles. The van der Waals surface area contributed by atoms with Crippen LogP contribution in [0.1, 0.15) is 76.4 Å². The van der Waals surface area contributed by atoms with E-state index >= 15 is 0 Å². The van der Waals surface area contributed by atoms with E-state index in [0.717, 1.165) is 33.5 Å². The number of ether oxygens (including phenoxy) is 2. The quantitative estimate of drug-likeness (QED) is 0.106. The van der Waals surface area contributed by atoms with E-state index in [1.165, 1.54) is 0 Å². The number of rotatable bonds is 10. The van der Waals surface area contributed by atoms with Crippen LogP contribution < -0.4 is 0 Å². The monoisotopic (exact) mass is 690 g/mol. The molecular weight excluding hydrogens is 645 g/mol. The topological polar surface area (TPSA) is 70.4 Å². The van der Waals surface area contributed by atoms with Gasteiger partial charge in [-0.1, -0.05) is 152 Å². The summed E-state index contributed by atoms with van der Waals surface area (Å²) in [7, 11) is 0. The van der Waals surface area contributed by atoms with E-state index < -0.39 is 34.6 Å². The Kier molecular flexibility index (Phi) is 10.3. The molecule has 0 N–H and O–H groups in total. The Morgan fingerprint density at radius 3 is 1.35 bits per heavy atom. The maximum Gasteiger partial charge on any atom is 0.317 e. The third-order valence-electron chi connectivity index (χ3n) is 8.70. The van der Waals surface area contributed by atoms with E-state index in [1.54, 1.807) is 0 Å². The molecular formula is C46H46N2O4. The summed E-state index contributed by atoms with van der Waals surface area (Å²) >= 11 is 0. The molecule has 5 aromatic carbocycles. The number of hydrogen-bond acceptors (Lipinski definition) is 5. The van der Waals surface area contributed by atoms with Gasteiger partial charge in [0.2, 0.25) is 0 Å². The number of hydrogen-bond donors (Lipinski definition) is 0. The normalized spacial score (nSPS) is 12.6. The van der Waals surface area contributed by atoms with Gasteiger partial charge >= 0.3 is 11.9 Å². The first kappa shape index (κ1) is 36.1. The third kappa shape index (κ3) is 7.62. The lowest BCUT2D eigenvalue weighted by Crippen LogP contribution is -2.41. The summed E-state index contributed by atoms with van der Waals surface area (Å²) in [6.45, 7) is 10.9. The van der Waals surface area contributed by atoms with Crippen molar-refractivity contribution in [3.8, 4) is 22.5 Å². The summed E-state index contributed by atoms with van der Waals surface area (Å²) in [5, 5.41) is 0. The number of benzene rings is 5. The lowest BCUT2D eigenvalue weighted by molar-refractivity contribution is -0.164. The number of imidazole rings is 1. The molecule has 0 aliphatic rings. The lowest BCUT2D eigenvalue weighted by Gasteiger charge is -2.41. The highest BCUT2D eigenvalue weighted by molar-refractivity contribution is 5.87. The summed E-state index contributed by atoms with van der Waals surface area (Å²) in [4.78, 5) is 34.0. The van der Waals surface area contributed by atoms with Crippen LogP contribution in [0.3, 0.4) is 0 Å². The summed E-state index contributed by atoms with van der Waals surface area (Å²) in [5.41, 5.74) is 3.38. The molecule has 0 amide bonds. The van der Waals surface area contributed by atoms with Crippen molar-refractivity contribution in [3.63, 3.8) is 0 Å². The van der Waals surface area contributed by atoms with Crippen LogP contribution in [0.15, 0.2) is 152 Å². The zero-order chi connectivity index (χ0) is 36.9. The minimum absolute atomic E-state index is 0.278. The second-order valence-electron chi connectivity index (χ2n) is 14.9. The maximum absolute atomic E-state index is 14.7. The van der Waals surface area contributed by atoms with Gasteiger partial charge in [-0.15, -0.1) is 0 Å². The van der Waals surface area contributed by atoms with Crippen LogP contribution >= 0.6 is 0 Å². The van der Waals surface area contributed by atoms with Crippen molar-refractivity contribution in [1.82, 2.24) is 9.55 Å². The van der Waals surface area contributed by atoms with Gasteiger partial charge in [0, 0.05) is 11.1 Å². The van der Waals surface area contributed by atoms with E-state index in [4.69, 9.17) is 14.5 Å². The van der Waals surface area contributed by atoms with Crippen molar-refractivity contribution in [2.24, 2.45) is 0 Å². The molecule has 6 aromatic rings. The molecule has 1 aromatic heterocycles. The summed E-state index contributed by atoms with van der Waals surface area (Å²) in [5.74, 6) is -1.84. The van der Waals surface area contributed by atoms with Crippen molar-refractivity contribution in [2.75, 3.05) is 0 Å². The fourth-order valence-corrected chi connectivity index (χ4v) is 6.80. The fourth-order valence-electron chi connectivity index (χ4n) is 6.80. The minimum Gasteiger partial charge on any atom is -0.460 e. The van der Waals surface area contributed by atoms with Gasteiger partial charge in [-0.05, 0) is 58.2 Å². The number of carbonyl (C=O) groups excluding carboxylic acids is 2. The Morgan fingerprint density at radius 1 is 0.558 bits per heavy atom. The third-order valence-corrected chi connectivity index (χ3v) is 8.70. The first-order valence-electron chi connectivity index (χ1n) is 17.7. The van der Waals surface area contributed by atoms with E-state index in [9.17, 15) is 9.59 Å². The van der Waals surface area contributed by atoms with Gasteiger partial charge < -0.3 is 14.0 Å². The first-order valence-corrected chi connectivity index (χ1v) is 17.7. The van der Waals surface area contributed by atoms with Gasteiger partial charge in [-0.2, -0.15) is 0 Å². The van der Waals surface area contributed by atoms with Crippen LogP contribution in [0.25, 0.3) is 22.5 Å². The molecule has 0 fully saturated rings. The van der Waals surface area contributed by atoms with Crippen LogP contribution in [-0.4, -0.2) is 32.7 Å². The predicted octanol–water partition coefficient (Wildman–Crippen LogP) is 10.2. The molecule has 1 atom stereocenters. The molecule has 6 nitrogen and oxygen atoms in total. The summed E-state index contributed by atoms with van der Waals surface area (Å²) in [6.07, 6.45) is -0.278. The lowest BCUT2D eigenvalue weighted by atomic mass is 9.75. The van der Waals surface area contributed by atoms with Crippen molar-refractivity contribution < 1.29 is 19.1 Å². The van der Waals surface area contributed by atoms with Crippen LogP contribution in [-0.2, 0) is 24.6 Å². The Morgan fingerprint density at radius 2 is 0.942 bits per heavy atom. The molecule has 1 unspecified atom stereocenters. The van der Waals surface area contributed by atoms with Crippen LogP contribution in [0.2, 0.25) is 0 Å². The molecule has 52 heavy (non-hydrogen) atoms. The number of aromatic nitrogens is 2. The zero-order valence-corrected chi connectivity index (χ0v) is 30.7. The van der Waals surface area contributed by atoms with Crippen LogP contribution in [0, 0.1) is 0 Å². The molecule has 0 radical (unpaired) electrons. The van der Waals surface area contributed by atoms with E-state index in [-0.39, 0.29) is 6.42 Å². The average molecular weight is 691 g/mol. The molecule has 1 heterocycles. The summed E-state index contributed by atoms with van der Waals surface area (Å²) < 4.78 is 14.2. The van der Waals surface area contributed by atoms with E-state index in [2.05, 4.69) is 53.1 Å². The molecule has 0 saturated heterocycles. The fraction of sp³-hybridized carbons (Fsp3) is 0.239. The van der Waals surface area contributed by atoms with E-state index in [0.29, 0.717) is 11.5 Å². The Labute approximate surface area is 307 Å². The predicted molar refractivity (Wildman–Crippen MR) is 207 cm³/mol. The Balaban J connectivity index is 1.84. The van der Waals surface area contributed by atoms with Gasteiger partial charge in [0.25, 0.3) is 0 Å². The molecule has 6 rings (SSSR count). The molecule has 264 valence electrons. The van der Waals surface area contributed by atoms with Gasteiger partial charge in [0.05, 0.1) is 17.8 Å². The van der Waals surface area contributed by atoms with Gasteiger partial charge in [-0.3, -0.25) is 9.59 Å². The molecule has 0 bridgehead atoms. The standard InChI is InChI=1S/C46H46N2O4/c1-44(2,3)51-39(49)32-38(43(50)52-45(4,5)6)42-47-40(33-22-12-7-13-23-33)41(34-24-14-8-15-25-34)48(42)46(35-26-16-9-17-27-35,36-28-18-10-19-29-36)37-30-20-11-21-31-37/h7-31,38H,32H2,1-6H3. The maximum atomic E-state index is 14.7. The number of esters is 2. The first-order chi connectivity index (χ1) is 24.9. The SMILES string of the molecule is CC(C)(C)OC(=O)CC(C(=O)OC(C)(C)C)c1nc(-c2ccccc2)c(-c2ccccc2)n1C(c1ccccc1)(c1ccccc1)c1ccccc1. The van der Waals surface area contributed by atoms with Crippen LogP contribution in [0.5, 0.6) is 0 Å². The summed E-state index contributed by atoms with van der Waals surface area (Å²) in [6, 6.07) is 50.9. The van der Waals surface area contributed by atoms with Gasteiger partial charge in [0.15, 0.2) is 0 Å². The van der Waals surface area contributed by atoms with Gasteiger partial charge in [-0.25, -0.2) is 4.98 Å². The average Bonchev–Trinajstić information content (AvgIpc) is 3.52. The minimum atomic E-state index is -1.13. The van der Waals surface area contributed by atoms with Crippen molar-refractivity contribution in [1.29, 1.82) is 0 Å². The molecule has 0 saturated carbocycles. The second kappa shape index (κ2) is 14.8. The molecule has 0 aliphatic heterocycles. The van der Waals surface area contributed by atoms with Gasteiger partial charge in [0.1, 0.15) is 28.5 Å².